The molecule has 0 aromatic heterocycles. The molecule has 0 atom stereocenters. The van der Waals surface area contributed by atoms with E-state index in [2.05, 4.69) is 4.52 Å². The van der Waals surface area contributed by atoms with Crippen LogP contribution in [0.3, 0.4) is 0 Å². The first-order chi connectivity index (χ1) is 4.95. The van der Waals surface area contributed by atoms with Gasteiger partial charge < -0.3 is 4.52 Å². The fraction of sp³-hybridized carbons (Fsp3) is 0.800. The number of hydrogen-bond donors (Lipinski definition) is 2. The van der Waals surface area contributed by atoms with Gasteiger partial charge in [-0.05, 0) is 6.42 Å². The second kappa shape index (κ2) is 4.49. The maximum atomic E-state index is 10.5. The molecule has 0 fully saturated rings. The quantitative estimate of drug-likeness (QED) is 0.628. The molecule has 0 unspecified atom stereocenters. The van der Waals surface area contributed by atoms with Crippen LogP contribution in [0, 0.1) is 0 Å². The van der Waals surface area contributed by atoms with Crippen LogP contribution in [0.15, 0.2) is 0 Å². The molecule has 0 aliphatic heterocycles. The van der Waals surface area contributed by atoms with Gasteiger partial charge in [-0.25, -0.2) is 4.57 Å². The van der Waals surface area contributed by atoms with E-state index in [9.17, 15) is 9.36 Å². The minimum Gasteiger partial charge on any atom is -0.371 e. The first-order valence-electron chi connectivity index (χ1n) is 3.23. The SMILES string of the molecule is CCCCC(=O)OP(=O)(O)O. The molecule has 0 aromatic rings. The third-order valence-electron chi connectivity index (χ3n) is 0.955. The van der Waals surface area contributed by atoms with Gasteiger partial charge in [0.15, 0.2) is 0 Å². The number of phosphoric ester groups is 1. The lowest BCUT2D eigenvalue weighted by atomic mass is 10.3. The fourth-order valence-corrected chi connectivity index (χ4v) is 0.856. The van der Waals surface area contributed by atoms with Crippen LogP contribution in [0.25, 0.3) is 0 Å². The van der Waals surface area contributed by atoms with Crippen LogP contribution >= 0.6 is 7.82 Å². The largest absolute Gasteiger partial charge is 0.526 e. The van der Waals surface area contributed by atoms with E-state index >= 15 is 0 Å². The van der Waals surface area contributed by atoms with Gasteiger partial charge in [-0.1, -0.05) is 13.3 Å². The first-order valence-corrected chi connectivity index (χ1v) is 4.76. The average Bonchev–Trinajstić information content (AvgIpc) is 1.79. The van der Waals surface area contributed by atoms with Gasteiger partial charge >= 0.3 is 13.8 Å². The lowest BCUT2D eigenvalue weighted by Crippen LogP contribution is -2.01. The lowest BCUT2D eigenvalue weighted by molar-refractivity contribution is -0.135. The summed E-state index contributed by atoms with van der Waals surface area (Å²) >= 11 is 0. The number of phosphoric acid groups is 1. The van der Waals surface area contributed by atoms with Crippen LogP contribution in [0.2, 0.25) is 0 Å². The van der Waals surface area contributed by atoms with Crippen molar-refractivity contribution in [3.63, 3.8) is 0 Å². The van der Waals surface area contributed by atoms with E-state index in [0.717, 1.165) is 6.42 Å². The maximum Gasteiger partial charge on any atom is 0.526 e. The number of unbranched alkanes of at least 4 members (excludes halogenated alkanes) is 1. The Morgan fingerprint density at radius 3 is 2.45 bits per heavy atom. The van der Waals surface area contributed by atoms with Gasteiger partial charge in [-0.2, -0.15) is 0 Å². The Kier molecular flexibility index (Phi) is 4.33. The van der Waals surface area contributed by atoms with Gasteiger partial charge in [-0.15, -0.1) is 0 Å². The van der Waals surface area contributed by atoms with Crippen LogP contribution in [0.5, 0.6) is 0 Å². The third kappa shape index (κ3) is 7.52. The Labute approximate surface area is 64.6 Å². The van der Waals surface area contributed by atoms with E-state index in [-0.39, 0.29) is 6.42 Å². The highest BCUT2D eigenvalue weighted by Gasteiger charge is 2.19. The zero-order valence-electron chi connectivity index (χ0n) is 6.19. The molecule has 0 spiro atoms. The summed E-state index contributed by atoms with van der Waals surface area (Å²) in [5.74, 6) is -0.847. The van der Waals surface area contributed by atoms with Crippen molar-refractivity contribution in [2.24, 2.45) is 0 Å². The summed E-state index contributed by atoms with van der Waals surface area (Å²) in [7, 11) is -4.61. The molecular formula is C5H11O5P. The van der Waals surface area contributed by atoms with Gasteiger partial charge in [0.1, 0.15) is 0 Å². The van der Waals surface area contributed by atoms with Crippen molar-refractivity contribution >= 4 is 13.8 Å². The summed E-state index contributed by atoms with van der Waals surface area (Å²) in [6, 6.07) is 0. The summed E-state index contributed by atoms with van der Waals surface area (Å²) in [6.07, 6.45) is 1.43. The van der Waals surface area contributed by atoms with Gasteiger partial charge in [0.25, 0.3) is 0 Å². The Hall–Kier alpha value is -0.380. The summed E-state index contributed by atoms with van der Waals surface area (Å²) in [5.41, 5.74) is 0. The molecule has 5 nitrogen and oxygen atoms in total. The Morgan fingerprint density at radius 1 is 1.55 bits per heavy atom. The monoisotopic (exact) mass is 182 g/mol. The Morgan fingerprint density at radius 2 is 2.09 bits per heavy atom. The summed E-state index contributed by atoms with van der Waals surface area (Å²) < 4.78 is 13.8. The number of carbonyl (C=O) groups is 1. The second-order valence-corrected chi connectivity index (χ2v) is 3.22. The molecule has 0 aromatic carbocycles. The molecule has 0 aliphatic carbocycles. The number of carbonyl (C=O) groups excluding carboxylic acids is 1. The van der Waals surface area contributed by atoms with Crippen molar-refractivity contribution in [3.8, 4) is 0 Å². The minimum atomic E-state index is -4.61. The van der Waals surface area contributed by atoms with Crippen LogP contribution in [0.1, 0.15) is 26.2 Å². The highest BCUT2D eigenvalue weighted by Crippen LogP contribution is 2.36. The second-order valence-electron chi connectivity index (χ2n) is 2.06. The Bertz CT molecular complexity index is 172. The van der Waals surface area contributed by atoms with Crippen LogP contribution < -0.4 is 0 Å². The summed E-state index contributed by atoms with van der Waals surface area (Å²) in [4.78, 5) is 26.8. The molecule has 0 saturated carbocycles. The topological polar surface area (TPSA) is 83.8 Å². The van der Waals surface area contributed by atoms with E-state index < -0.39 is 13.8 Å². The van der Waals surface area contributed by atoms with Crippen molar-refractivity contribution in [1.82, 2.24) is 0 Å². The van der Waals surface area contributed by atoms with E-state index in [1.807, 2.05) is 6.92 Å². The van der Waals surface area contributed by atoms with E-state index in [1.165, 1.54) is 0 Å². The van der Waals surface area contributed by atoms with E-state index in [0.29, 0.717) is 6.42 Å². The molecule has 0 heterocycles. The molecule has 0 bridgehead atoms. The summed E-state index contributed by atoms with van der Waals surface area (Å²) in [6.45, 7) is 1.87. The van der Waals surface area contributed by atoms with Gasteiger partial charge in [0, 0.05) is 6.42 Å². The molecule has 66 valence electrons. The van der Waals surface area contributed by atoms with E-state index in [4.69, 9.17) is 9.79 Å². The zero-order valence-corrected chi connectivity index (χ0v) is 7.08. The normalized spacial score (nSPS) is 11.2. The van der Waals surface area contributed by atoms with E-state index in [1.54, 1.807) is 0 Å². The van der Waals surface area contributed by atoms with Gasteiger partial charge in [-0.3, -0.25) is 14.6 Å². The highest BCUT2D eigenvalue weighted by molar-refractivity contribution is 7.46. The molecular weight excluding hydrogens is 171 g/mol. The van der Waals surface area contributed by atoms with Crippen LogP contribution in [-0.2, 0) is 13.9 Å². The molecule has 0 aliphatic rings. The molecule has 2 N–H and O–H groups in total. The van der Waals surface area contributed by atoms with Crippen LogP contribution in [0.4, 0.5) is 0 Å². The zero-order chi connectivity index (χ0) is 8.91. The standard InChI is InChI=1S/C5H11O5P/c1-2-3-4-5(6)10-11(7,8)9/h2-4H2,1H3,(H2,7,8,9). The third-order valence-corrected chi connectivity index (χ3v) is 1.40. The van der Waals surface area contributed by atoms with Crippen LogP contribution in [-0.4, -0.2) is 15.8 Å². The van der Waals surface area contributed by atoms with Crippen molar-refractivity contribution in [3.05, 3.63) is 0 Å². The number of hydrogen-bond acceptors (Lipinski definition) is 3. The van der Waals surface area contributed by atoms with Crippen molar-refractivity contribution in [2.45, 2.75) is 26.2 Å². The maximum absolute atomic E-state index is 10.5. The predicted molar refractivity (Wildman–Crippen MR) is 37.7 cm³/mol. The molecule has 11 heavy (non-hydrogen) atoms. The predicted octanol–water partition coefficient (Wildman–Crippen LogP) is 0.812. The van der Waals surface area contributed by atoms with Crippen molar-refractivity contribution in [1.29, 1.82) is 0 Å². The smallest absolute Gasteiger partial charge is 0.371 e. The van der Waals surface area contributed by atoms with Crippen molar-refractivity contribution < 1.29 is 23.7 Å². The fourth-order valence-electron chi connectivity index (χ4n) is 0.499. The lowest BCUT2D eigenvalue weighted by Gasteiger charge is -2.03. The van der Waals surface area contributed by atoms with Crippen molar-refractivity contribution in [2.75, 3.05) is 0 Å². The minimum absolute atomic E-state index is 0.0572. The summed E-state index contributed by atoms with van der Waals surface area (Å²) in [5, 5.41) is 0. The molecule has 0 rings (SSSR count). The first kappa shape index (κ1) is 10.6. The molecule has 0 amide bonds. The van der Waals surface area contributed by atoms with Gasteiger partial charge in [0.05, 0.1) is 0 Å². The average molecular weight is 182 g/mol. The highest BCUT2D eigenvalue weighted by atomic mass is 31.2. The Balaban J connectivity index is 3.62. The molecule has 0 saturated heterocycles. The number of rotatable bonds is 4. The molecule has 6 heteroatoms. The molecule has 0 radical (unpaired) electrons. The van der Waals surface area contributed by atoms with Gasteiger partial charge in [0.2, 0.25) is 0 Å².